The van der Waals surface area contributed by atoms with E-state index in [2.05, 4.69) is 0 Å². The van der Waals surface area contributed by atoms with Gasteiger partial charge in [-0.1, -0.05) is 36.4 Å². The monoisotopic (exact) mass is 343 g/mol. The zero-order chi connectivity index (χ0) is 18.3. The van der Waals surface area contributed by atoms with Crippen LogP contribution in [0.2, 0.25) is 0 Å². The molecule has 4 rings (SSSR count). The minimum Gasteiger partial charge on any atom is -0.508 e. The number of imide groups is 1. The van der Waals surface area contributed by atoms with Crippen LogP contribution >= 0.6 is 0 Å². The number of hydrogen-bond donors (Lipinski definition) is 1. The van der Waals surface area contributed by atoms with E-state index >= 15 is 0 Å². The number of nitrogens with zero attached hydrogens (tertiary/aromatic N) is 1. The lowest BCUT2D eigenvalue weighted by atomic mass is 9.99. The third kappa shape index (κ3) is 2.46. The third-order valence-corrected chi connectivity index (χ3v) is 4.29. The molecule has 2 amide bonds. The van der Waals surface area contributed by atoms with Crippen LogP contribution in [0, 0.1) is 0 Å². The molecular formula is C21H13NO4. The van der Waals surface area contributed by atoms with Crippen molar-refractivity contribution in [3.05, 3.63) is 95.1 Å². The van der Waals surface area contributed by atoms with Crippen molar-refractivity contribution in [2.24, 2.45) is 0 Å². The molecule has 0 atom stereocenters. The maximum atomic E-state index is 12.7. The van der Waals surface area contributed by atoms with Crippen molar-refractivity contribution in [2.75, 3.05) is 4.90 Å². The Hall–Kier alpha value is -3.73. The molecule has 5 nitrogen and oxygen atoms in total. The zero-order valence-corrected chi connectivity index (χ0v) is 13.5. The SMILES string of the molecule is O=C(c1ccccc1)c1ccc2c(c1)C(=O)N(c1ccc(O)cc1)C2=O. The second kappa shape index (κ2) is 5.97. The highest BCUT2D eigenvalue weighted by Gasteiger charge is 2.37. The molecule has 3 aromatic carbocycles. The lowest BCUT2D eigenvalue weighted by Gasteiger charge is -2.13. The van der Waals surface area contributed by atoms with Gasteiger partial charge < -0.3 is 5.11 Å². The first-order chi connectivity index (χ1) is 12.6. The Morgan fingerprint density at radius 3 is 2.08 bits per heavy atom. The van der Waals surface area contributed by atoms with Crippen molar-refractivity contribution < 1.29 is 19.5 Å². The van der Waals surface area contributed by atoms with Gasteiger partial charge in [-0.25, -0.2) is 4.90 Å². The van der Waals surface area contributed by atoms with Gasteiger partial charge in [0.15, 0.2) is 5.78 Å². The van der Waals surface area contributed by atoms with E-state index in [0.29, 0.717) is 16.8 Å². The van der Waals surface area contributed by atoms with Gasteiger partial charge in [0.1, 0.15) is 5.75 Å². The Morgan fingerprint density at radius 2 is 1.38 bits per heavy atom. The average Bonchev–Trinajstić information content (AvgIpc) is 2.93. The number of ketones is 1. The fourth-order valence-corrected chi connectivity index (χ4v) is 2.97. The Kier molecular flexibility index (Phi) is 3.62. The van der Waals surface area contributed by atoms with Crippen LogP contribution in [-0.4, -0.2) is 22.7 Å². The summed E-state index contributed by atoms with van der Waals surface area (Å²) in [6.45, 7) is 0. The van der Waals surface area contributed by atoms with Gasteiger partial charge in [-0.05, 0) is 36.4 Å². The fraction of sp³-hybridized carbons (Fsp3) is 0. The summed E-state index contributed by atoms with van der Waals surface area (Å²) >= 11 is 0. The van der Waals surface area contributed by atoms with Crippen LogP contribution in [0.1, 0.15) is 36.6 Å². The van der Waals surface area contributed by atoms with E-state index in [9.17, 15) is 19.5 Å². The molecule has 5 heteroatoms. The maximum absolute atomic E-state index is 12.7. The number of benzene rings is 3. The summed E-state index contributed by atoms with van der Waals surface area (Å²) in [6, 6.07) is 19.1. The van der Waals surface area contributed by atoms with E-state index in [0.717, 1.165) is 4.90 Å². The van der Waals surface area contributed by atoms with Crippen LogP contribution in [0.15, 0.2) is 72.8 Å². The van der Waals surface area contributed by atoms with Gasteiger partial charge in [0.2, 0.25) is 0 Å². The summed E-state index contributed by atoms with van der Waals surface area (Å²) in [5.41, 5.74) is 1.69. The molecule has 3 aromatic rings. The molecule has 0 bridgehead atoms. The van der Waals surface area contributed by atoms with E-state index in [1.165, 1.54) is 36.4 Å². The van der Waals surface area contributed by atoms with Gasteiger partial charge in [0.05, 0.1) is 16.8 Å². The number of phenolic OH excluding ortho intramolecular Hbond substituents is 1. The van der Waals surface area contributed by atoms with Crippen molar-refractivity contribution in [1.82, 2.24) is 0 Å². The standard InChI is InChI=1S/C21H13NO4/c23-16-9-7-15(8-10-16)22-20(25)17-11-6-14(12-18(17)21(22)26)19(24)13-4-2-1-3-5-13/h1-12,23H. The van der Waals surface area contributed by atoms with Crippen molar-refractivity contribution in [2.45, 2.75) is 0 Å². The first-order valence-electron chi connectivity index (χ1n) is 7.98. The quantitative estimate of drug-likeness (QED) is 0.584. The molecule has 1 N–H and O–H groups in total. The number of carbonyl (C=O) groups is 3. The molecule has 1 heterocycles. The van der Waals surface area contributed by atoms with Crippen molar-refractivity contribution in [3.8, 4) is 5.75 Å². The van der Waals surface area contributed by atoms with E-state index in [1.807, 2.05) is 6.07 Å². The molecule has 126 valence electrons. The molecule has 26 heavy (non-hydrogen) atoms. The highest BCUT2D eigenvalue weighted by atomic mass is 16.3. The minimum atomic E-state index is -0.488. The molecule has 0 saturated heterocycles. The predicted octanol–water partition coefficient (Wildman–Crippen LogP) is 3.42. The lowest BCUT2D eigenvalue weighted by molar-refractivity contribution is 0.0925. The van der Waals surface area contributed by atoms with Crippen LogP contribution in [0.5, 0.6) is 5.75 Å². The van der Waals surface area contributed by atoms with Crippen LogP contribution in [0.3, 0.4) is 0 Å². The second-order valence-corrected chi connectivity index (χ2v) is 5.92. The summed E-state index contributed by atoms with van der Waals surface area (Å²) in [5.74, 6) is -1.11. The van der Waals surface area contributed by atoms with Gasteiger partial charge in [0, 0.05) is 11.1 Å². The number of aromatic hydroxyl groups is 1. The predicted molar refractivity (Wildman–Crippen MR) is 95.6 cm³/mol. The summed E-state index contributed by atoms with van der Waals surface area (Å²) in [6.07, 6.45) is 0. The highest BCUT2D eigenvalue weighted by molar-refractivity contribution is 6.34. The first kappa shape index (κ1) is 15.8. The average molecular weight is 343 g/mol. The number of anilines is 1. The summed E-state index contributed by atoms with van der Waals surface area (Å²) in [5, 5.41) is 9.38. The van der Waals surface area contributed by atoms with E-state index < -0.39 is 11.8 Å². The van der Waals surface area contributed by atoms with Crippen LogP contribution < -0.4 is 4.90 Å². The summed E-state index contributed by atoms with van der Waals surface area (Å²) in [7, 11) is 0. The van der Waals surface area contributed by atoms with Crippen molar-refractivity contribution in [1.29, 1.82) is 0 Å². The second-order valence-electron chi connectivity index (χ2n) is 5.92. The third-order valence-electron chi connectivity index (χ3n) is 4.29. The van der Waals surface area contributed by atoms with Gasteiger partial charge in [-0.2, -0.15) is 0 Å². The smallest absolute Gasteiger partial charge is 0.266 e. The van der Waals surface area contributed by atoms with Gasteiger partial charge >= 0.3 is 0 Å². The topological polar surface area (TPSA) is 74.7 Å². The van der Waals surface area contributed by atoms with E-state index in [4.69, 9.17) is 0 Å². The van der Waals surface area contributed by atoms with Crippen LogP contribution in [0.4, 0.5) is 5.69 Å². The molecule has 0 unspecified atom stereocenters. The molecule has 0 aromatic heterocycles. The number of hydrogen-bond acceptors (Lipinski definition) is 4. The molecule has 0 saturated carbocycles. The Labute approximate surface area is 149 Å². The first-order valence-corrected chi connectivity index (χ1v) is 7.98. The van der Waals surface area contributed by atoms with E-state index in [-0.39, 0.29) is 22.7 Å². The molecular weight excluding hydrogens is 330 g/mol. The van der Waals surface area contributed by atoms with E-state index in [1.54, 1.807) is 30.3 Å². The number of rotatable bonds is 3. The molecule has 1 aliphatic heterocycles. The molecule has 0 aliphatic carbocycles. The lowest BCUT2D eigenvalue weighted by Crippen LogP contribution is -2.29. The normalized spacial score (nSPS) is 13.0. The molecule has 0 radical (unpaired) electrons. The number of amides is 2. The van der Waals surface area contributed by atoms with Crippen molar-refractivity contribution in [3.63, 3.8) is 0 Å². The molecule has 1 aliphatic rings. The van der Waals surface area contributed by atoms with Gasteiger partial charge in [0.25, 0.3) is 11.8 Å². The van der Waals surface area contributed by atoms with Gasteiger partial charge in [-0.15, -0.1) is 0 Å². The molecule has 0 fully saturated rings. The number of carbonyl (C=O) groups excluding carboxylic acids is 3. The van der Waals surface area contributed by atoms with Gasteiger partial charge in [-0.3, -0.25) is 14.4 Å². The minimum absolute atomic E-state index is 0.0427. The highest BCUT2D eigenvalue weighted by Crippen LogP contribution is 2.30. The van der Waals surface area contributed by atoms with Crippen LogP contribution in [-0.2, 0) is 0 Å². The summed E-state index contributed by atoms with van der Waals surface area (Å²) in [4.78, 5) is 39.0. The number of fused-ring (bicyclic) bond motifs is 1. The number of phenols is 1. The Bertz CT molecular complexity index is 1040. The Morgan fingerprint density at radius 1 is 0.731 bits per heavy atom. The summed E-state index contributed by atoms with van der Waals surface area (Å²) < 4.78 is 0. The fourth-order valence-electron chi connectivity index (χ4n) is 2.97. The zero-order valence-electron chi connectivity index (χ0n) is 13.5. The van der Waals surface area contributed by atoms with Crippen molar-refractivity contribution >= 4 is 23.3 Å². The molecule has 0 spiro atoms. The largest absolute Gasteiger partial charge is 0.508 e. The Balaban J connectivity index is 1.73. The maximum Gasteiger partial charge on any atom is 0.266 e. The van der Waals surface area contributed by atoms with Crippen LogP contribution in [0.25, 0.3) is 0 Å².